The van der Waals surface area contributed by atoms with Crippen molar-refractivity contribution in [1.82, 2.24) is 0 Å². The molecule has 1 heterocycles. The fourth-order valence-electron chi connectivity index (χ4n) is 2.07. The number of fused-ring (bicyclic) bond motifs is 1. The molecule has 0 aromatic heterocycles. The molecule has 2 aromatic carbocycles. The Balaban J connectivity index is 2.04. The van der Waals surface area contributed by atoms with Crippen LogP contribution in [0, 0.1) is 0 Å². The molecule has 21 heavy (non-hydrogen) atoms. The van der Waals surface area contributed by atoms with Crippen LogP contribution < -0.4 is 10.1 Å². The van der Waals surface area contributed by atoms with Crippen molar-refractivity contribution in [3.8, 4) is 5.75 Å². The van der Waals surface area contributed by atoms with Crippen molar-refractivity contribution in [3.05, 3.63) is 65.4 Å². The highest BCUT2D eigenvalue weighted by atomic mass is 16.5. The van der Waals surface area contributed by atoms with Crippen LogP contribution in [0.5, 0.6) is 5.75 Å². The third kappa shape index (κ3) is 2.49. The lowest BCUT2D eigenvalue weighted by atomic mass is 10.1. The van der Waals surface area contributed by atoms with E-state index in [9.17, 15) is 14.7 Å². The Morgan fingerprint density at radius 3 is 2.57 bits per heavy atom. The second-order valence-electron chi connectivity index (χ2n) is 4.47. The minimum Gasteiger partial charge on any atom is -0.478 e. The van der Waals surface area contributed by atoms with Gasteiger partial charge in [-0.2, -0.15) is 0 Å². The number of anilines is 1. The second kappa shape index (κ2) is 5.13. The molecule has 5 heteroatoms. The van der Waals surface area contributed by atoms with Crippen molar-refractivity contribution in [2.45, 2.75) is 0 Å². The number of nitrogens with one attached hydrogen (secondary N) is 1. The number of rotatable bonds is 2. The molecule has 0 unspecified atom stereocenters. The Hall–Kier alpha value is -3.08. The SMILES string of the molecule is O=C1Oc2cccc(C(=O)O)c2NC1=Cc1ccccc1. The first kappa shape index (κ1) is 12.9. The number of carboxylic acids is 1. The first-order valence-electron chi connectivity index (χ1n) is 6.27. The van der Waals surface area contributed by atoms with Gasteiger partial charge in [0.05, 0.1) is 11.3 Å². The van der Waals surface area contributed by atoms with Crippen LogP contribution in [0.25, 0.3) is 6.08 Å². The molecule has 0 saturated carbocycles. The van der Waals surface area contributed by atoms with Crippen molar-refractivity contribution in [2.24, 2.45) is 0 Å². The molecule has 2 aromatic rings. The number of hydrogen-bond acceptors (Lipinski definition) is 4. The fourth-order valence-corrected chi connectivity index (χ4v) is 2.07. The average molecular weight is 281 g/mol. The number of ether oxygens (including phenoxy) is 1. The summed E-state index contributed by atoms with van der Waals surface area (Å²) in [7, 11) is 0. The highest BCUT2D eigenvalue weighted by Gasteiger charge is 2.26. The number of carbonyl (C=O) groups is 2. The topological polar surface area (TPSA) is 75.6 Å². The summed E-state index contributed by atoms with van der Waals surface area (Å²) in [6, 6.07) is 13.8. The summed E-state index contributed by atoms with van der Waals surface area (Å²) in [5, 5.41) is 12.0. The van der Waals surface area contributed by atoms with Gasteiger partial charge in [0.2, 0.25) is 0 Å². The van der Waals surface area contributed by atoms with Gasteiger partial charge in [-0.15, -0.1) is 0 Å². The van der Waals surface area contributed by atoms with E-state index in [-0.39, 0.29) is 22.7 Å². The lowest BCUT2D eigenvalue weighted by Gasteiger charge is -2.21. The van der Waals surface area contributed by atoms with Gasteiger partial charge in [0, 0.05) is 0 Å². The van der Waals surface area contributed by atoms with Crippen molar-refractivity contribution >= 4 is 23.7 Å². The summed E-state index contributed by atoms with van der Waals surface area (Å²) in [5.74, 6) is -1.42. The Bertz CT molecular complexity index is 750. The molecule has 0 aliphatic carbocycles. The standard InChI is InChI=1S/C16H11NO4/c18-15(19)11-7-4-8-13-14(11)17-12(16(20)21-13)9-10-5-2-1-3-6-10/h1-9,17H,(H,18,19). The molecule has 0 fully saturated rings. The maximum Gasteiger partial charge on any atom is 0.360 e. The molecule has 0 atom stereocenters. The van der Waals surface area contributed by atoms with Gasteiger partial charge in [-0.1, -0.05) is 36.4 Å². The van der Waals surface area contributed by atoms with Gasteiger partial charge in [-0.05, 0) is 23.8 Å². The summed E-state index contributed by atoms with van der Waals surface area (Å²) in [4.78, 5) is 23.2. The van der Waals surface area contributed by atoms with E-state index in [4.69, 9.17) is 4.74 Å². The smallest absolute Gasteiger partial charge is 0.360 e. The zero-order valence-corrected chi connectivity index (χ0v) is 10.9. The van der Waals surface area contributed by atoms with Crippen molar-refractivity contribution in [3.63, 3.8) is 0 Å². The lowest BCUT2D eigenvalue weighted by molar-refractivity contribution is -0.130. The molecule has 0 radical (unpaired) electrons. The van der Waals surface area contributed by atoms with E-state index in [1.807, 2.05) is 30.3 Å². The number of aromatic carboxylic acids is 1. The van der Waals surface area contributed by atoms with E-state index in [1.54, 1.807) is 12.1 Å². The van der Waals surface area contributed by atoms with Gasteiger partial charge in [0.1, 0.15) is 5.70 Å². The van der Waals surface area contributed by atoms with E-state index >= 15 is 0 Å². The van der Waals surface area contributed by atoms with E-state index in [2.05, 4.69) is 5.32 Å². The van der Waals surface area contributed by atoms with Crippen LogP contribution in [0.3, 0.4) is 0 Å². The van der Waals surface area contributed by atoms with Crippen LogP contribution in [0.1, 0.15) is 15.9 Å². The highest BCUT2D eigenvalue weighted by molar-refractivity contribution is 6.05. The third-order valence-corrected chi connectivity index (χ3v) is 3.05. The molecule has 2 N–H and O–H groups in total. The predicted octanol–water partition coefficient (Wildman–Crippen LogP) is 2.76. The molecule has 0 bridgehead atoms. The van der Waals surface area contributed by atoms with Gasteiger partial charge in [-0.3, -0.25) is 0 Å². The first-order chi connectivity index (χ1) is 10.1. The van der Waals surface area contributed by atoms with Crippen LogP contribution in [0.4, 0.5) is 5.69 Å². The average Bonchev–Trinajstić information content (AvgIpc) is 2.48. The molecule has 3 rings (SSSR count). The quantitative estimate of drug-likeness (QED) is 0.503. The molecule has 1 aliphatic heterocycles. The van der Waals surface area contributed by atoms with Gasteiger partial charge in [-0.25, -0.2) is 9.59 Å². The Morgan fingerprint density at radius 2 is 1.86 bits per heavy atom. The molecule has 104 valence electrons. The molecular formula is C16H11NO4. The van der Waals surface area contributed by atoms with Gasteiger partial charge < -0.3 is 15.2 Å². The Morgan fingerprint density at radius 1 is 1.10 bits per heavy atom. The number of carbonyl (C=O) groups excluding carboxylic acids is 1. The van der Waals surface area contributed by atoms with Gasteiger partial charge >= 0.3 is 11.9 Å². The molecule has 0 spiro atoms. The van der Waals surface area contributed by atoms with Gasteiger partial charge in [0.15, 0.2) is 5.75 Å². The van der Waals surface area contributed by atoms with Crippen LogP contribution >= 0.6 is 0 Å². The minimum absolute atomic E-state index is 0.0546. The van der Waals surface area contributed by atoms with E-state index in [0.717, 1.165) is 5.56 Å². The summed E-state index contributed by atoms with van der Waals surface area (Å²) in [6.07, 6.45) is 1.61. The zero-order valence-electron chi connectivity index (χ0n) is 10.9. The van der Waals surface area contributed by atoms with E-state index < -0.39 is 11.9 Å². The largest absolute Gasteiger partial charge is 0.478 e. The zero-order chi connectivity index (χ0) is 14.8. The van der Waals surface area contributed by atoms with Crippen LogP contribution in [0.15, 0.2) is 54.2 Å². The van der Waals surface area contributed by atoms with E-state index in [0.29, 0.717) is 0 Å². The van der Waals surface area contributed by atoms with Crippen LogP contribution in [-0.4, -0.2) is 17.0 Å². The third-order valence-electron chi connectivity index (χ3n) is 3.05. The van der Waals surface area contributed by atoms with Gasteiger partial charge in [0.25, 0.3) is 0 Å². The monoisotopic (exact) mass is 281 g/mol. The maximum absolute atomic E-state index is 11.9. The summed E-state index contributed by atoms with van der Waals surface area (Å²) in [5.41, 5.74) is 1.35. The fraction of sp³-hybridized carbons (Fsp3) is 0. The Kier molecular flexibility index (Phi) is 3.16. The lowest BCUT2D eigenvalue weighted by Crippen LogP contribution is -2.24. The molecule has 0 saturated heterocycles. The predicted molar refractivity (Wildman–Crippen MR) is 77.1 cm³/mol. The highest BCUT2D eigenvalue weighted by Crippen LogP contribution is 2.34. The first-order valence-corrected chi connectivity index (χ1v) is 6.27. The number of esters is 1. The summed E-state index contributed by atoms with van der Waals surface area (Å²) in [6.45, 7) is 0. The summed E-state index contributed by atoms with van der Waals surface area (Å²) < 4.78 is 5.17. The number of benzene rings is 2. The molecule has 0 amide bonds. The molecular weight excluding hydrogens is 270 g/mol. The summed E-state index contributed by atoms with van der Waals surface area (Å²) >= 11 is 0. The maximum atomic E-state index is 11.9. The molecule has 1 aliphatic rings. The molecule has 5 nitrogen and oxygen atoms in total. The van der Waals surface area contributed by atoms with Crippen molar-refractivity contribution in [1.29, 1.82) is 0 Å². The van der Waals surface area contributed by atoms with Crippen LogP contribution in [0.2, 0.25) is 0 Å². The van der Waals surface area contributed by atoms with Crippen LogP contribution in [-0.2, 0) is 4.79 Å². The minimum atomic E-state index is -1.09. The van der Waals surface area contributed by atoms with Crippen molar-refractivity contribution in [2.75, 3.05) is 5.32 Å². The van der Waals surface area contributed by atoms with E-state index in [1.165, 1.54) is 12.1 Å². The normalized spacial score (nSPS) is 15.0. The second-order valence-corrected chi connectivity index (χ2v) is 4.47. The number of para-hydroxylation sites is 1. The number of hydrogen-bond donors (Lipinski definition) is 2. The Labute approximate surface area is 120 Å². The van der Waals surface area contributed by atoms with Crippen molar-refractivity contribution < 1.29 is 19.4 Å². The number of carboxylic acid groups (broad SMARTS) is 1.